The van der Waals surface area contributed by atoms with E-state index in [4.69, 9.17) is 9.63 Å². The molecule has 0 bridgehead atoms. The average Bonchev–Trinajstić information content (AvgIpc) is 2.92. The first kappa shape index (κ1) is 14.5. The number of aliphatic hydroxyl groups excluding tert-OH is 1. The van der Waals surface area contributed by atoms with Gasteiger partial charge in [0.2, 0.25) is 0 Å². The van der Waals surface area contributed by atoms with Crippen LogP contribution in [0.3, 0.4) is 0 Å². The summed E-state index contributed by atoms with van der Waals surface area (Å²) in [5.41, 5.74) is 1.85. The Morgan fingerprint density at radius 3 is 2.65 bits per heavy atom. The van der Waals surface area contributed by atoms with Crippen molar-refractivity contribution in [3.05, 3.63) is 30.1 Å². The maximum atomic E-state index is 8.75. The first-order valence-corrected chi connectivity index (χ1v) is 6.61. The third-order valence-electron chi connectivity index (χ3n) is 2.82. The molecule has 0 aliphatic rings. The molecule has 0 amide bonds. The van der Waals surface area contributed by atoms with Crippen molar-refractivity contribution in [2.75, 3.05) is 39.1 Å². The van der Waals surface area contributed by atoms with E-state index in [1.807, 2.05) is 38.4 Å². The van der Waals surface area contributed by atoms with Gasteiger partial charge in [0.15, 0.2) is 5.82 Å². The molecule has 6 nitrogen and oxygen atoms in total. The molecule has 1 aromatic carbocycles. The summed E-state index contributed by atoms with van der Waals surface area (Å²) in [6.45, 7) is 1.54. The lowest BCUT2D eigenvalue weighted by molar-refractivity contribution is 0.311. The minimum atomic E-state index is 0.112. The summed E-state index contributed by atoms with van der Waals surface area (Å²) >= 11 is 0. The van der Waals surface area contributed by atoms with E-state index in [1.54, 1.807) is 0 Å². The van der Waals surface area contributed by atoms with Crippen molar-refractivity contribution >= 4 is 5.69 Å². The number of nitrogens with zero attached hydrogens (tertiary/aromatic N) is 3. The van der Waals surface area contributed by atoms with Crippen LogP contribution >= 0.6 is 0 Å². The quantitative estimate of drug-likeness (QED) is 0.792. The molecule has 0 fully saturated rings. The highest BCUT2D eigenvalue weighted by atomic mass is 16.5. The summed E-state index contributed by atoms with van der Waals surface area (Å²) in [4.78, 5) is 6.46. The lowest BCUT2D eigenvalue weighted by atomic mass is 10.2. The van der Waals surface area contributed by atoms with E-state index < -0.39 is 0 Å². The van der Waals surface area contributed by atoms with Crippen molar-refractivity contribution in [2.24, 2.45) is 0 Å². The largest absolute Gasteiger partial charge is 0.395 e. The van der Waals surface area contributed by atoms with Crippen LogP contribution in [0, 0.1) is 0 Å². The van der Waals surface area contributed by atoms with Crippen molar-refractivity contribution < 1.29 is 9.63 Å². The molecule has 0 atom stereocenters. The molecule has 0 aliphatic heterocycles. The van der Waals surface area contributed by atoms with Crippen LogP contribution in [-0.4, -0.2) is 53.9 Å². The molecule has 0 saturated carbocycles. The van der Waals surface area contributed by atoms with E-state index in [0.29, 0.717) is 12.4 Å². The predicted octanol–water partition coefficient (Wildman–Crippen LogP) is 1.24. The number of aliphatic hydroxyl groups is 1. The predicted molar refractivity (Wildman–Crippen MR) is 77.6 cm³/mol. The highest BCUT2D eigenvalue weighted by molar-refractivity contribution is 5.58. The van der Waals surface area contributed by atoms with Crippen molar-refractivity contribution in [1.29, 1.82) is 0 Å². The first-order chi connectivity index (χ1) is 9.69. The number of hydrogen-bond donors (Lipinski definition) is 2. The Hall–Kier alpha value is -1.92. The fourth-order valence-electron chi connectivity index (χ4n) is 1.73. The molecule has 0 unspecified atom stereocenters. The van der Waals surface area contributed by atoms with Crippen LogP contribution in [0.2, 0.25) is 0 Å². The second-order valence-corrected chi connectivity index (χ2v) is 4.80. The summed E-state index contributed by atoms with van der Waals surface area (Å²) in [6.07, 6.45) is 0.770. The van der Waals surface area contributed by atoms with Crippen LogP contribution in [-0.2, 0) is 6.42 Å². The Morgan fingerprint density at radius 2 is 2.00 bits per heavy atom. The molecule has 1 heterocycles. The zero-order valence-corrected chi connectivity index (χ0v) is 11.8. The Kier molecular flexibility index (Phi) is 5.09. The molecule has 1 aromatic heterocycles. The van der Waals surface area contributed by atoms with Gasteiger partial charge < -0.3 is 19.8 Å². The van der Waals surface area contributed by atoms with Gasteiger partial charge in [0, 0.05) is 30.8 Å². The van der Waals surface area contributed by atoms with Gasteiger partial charge >= 0.3 is 0 Å². The van der Waals surface area contributed by atoms with Gasteiger partial charge in [-0.3, -0.25) is 0 Å². The Balaban J connectivity index is 2.00. The molecule has 6 heteroatoms. The molecular weight excluding hydrogens is 256 g/mol. The zero-order chi connectivity index (χ0) is 14.4. The molecular formula is C14H20N4O2. The molecule has 0 radical (unpaired) electrons. The SMILES string of the molecule is CN(C)CCc1noc(-c2ccc(NCCO)cc2)n1. The van der Waals surface area contributed by atoms with Crippen LogP contribution in [0.15, 0.2) is 28.8 Å². The van der Waals surface area contributed by atoms with Gasteiger partial charge in [0.05, 0.1) is 6.61 Å². The molecule has 0 aliphatic carbocycles. The van der Waals surface area contributed by atoms with Crippen LogP contribution in [0.25, 0.3) is 11.5 Å². The fourth-order valence-corrected chi connectivity index (χ4v) is 1.73. The first-order valence-electron chi connectivity index (χ1n) is 6.61. The Labute approximate surface area is 118 Å². The lowest BCUT2D eigenvalue weighted by Gasteiger charge is -2.05. The van der Waals surface area contributed by atoms with E-state index in [2.05, 4.69) is 20.4 Å². The van der Waals surface area contributed by atoms with Crippen molar-refractivity contribution in [3.8, 4) is 11.5 Å². The van der Waals surface area contributed by atoms with Crippen molar-refractivity contribution in [1.82, 2.24) is 15.0 Å². The van der Waals surface area contributed by atoms with Gasteiger partial charge in [0.1, 0.15) is 0 Å². The summed E-state index contributed by atoms with van der Waals surface area (Å²) in [5.74, 6) is 1.25. The zero-order valence-electron chi connectivity index (χ0n) is 11.8. The van der Waals surface area contributed by atoms with Crippen LogP contribution in [0.4, 0.5) is 5.69 Å². The second kappa shape index (κ2) is 7.02. The molecule has 108 valence electrons. The number of rotatable bonds is 7. The van der Waals surface area contributed by atoms with Crippen LogP contribution in [0.5, 0.6) is 0 Å². The van der Waals surface area contributed by atoms with Gasteiger partial charge in [-0.05, 0) is 38.4 Å². The molecule has 2 N–H and O–H groups in total. The molecule has 0 saturated heterocycles. The monoisotopic (exact) mass is 276 g/mol. The lowest BCUT2D eigenvalue weighted by Crippen LogP contribution is -2.15. The number of benzene rings is 1. The van der Waals surface area contributed by atoms with Crippen LogP contribution < -0.4 is 5.32 Å². The van der Waals surface area contributed by atoms with Gasteiger partial charge in [-0.2, -0.15) is 4.98 Å². The normalized spacial score (nSPS) is 11.0. The molecule has 20 heavy (non-hydrogen) atoms. The van der Waals surface area contributed by atoms with Crippen LogP contribution in [0.1, 0.15) is 5.82 Å². The third-order valence-corrected chi connectivity index (χ3v) is 2.82. The smallest absolute Gasteiger partial charge is 0.257 e. The van der Waals surface area contributed by atoms with E-state index in [1.165, 1.54) is 0 Å². The van der Waals surface area contributed by atoms with E-state index >= 15 is 0 Å². The second-order valence-electron chi connectivity index (χ2n) is 4.80. The third kappa shape index (κ3) is 4.04. The summed E-state index contributed by atoms with van der Waals surface area (Å²) in [7, 11) is 4.03. The topological polar surface area (TPSA) is 74.4 Å². The van der Waals surface area contributed by atoms with Crippen molar-refractivity contribution in [3.63, 3.8) is 0 Å². The highest BCUT2D eigenvalue weighted by Gasteiger charge is 2.08. The van der Waals surface area contributed by atoms with Gasteiger partial charge in [-0.1, -0.05) is 5.16 Å². The highest BCUT2D eigenvalue weighted by Crippen LogP contribution is 2.19. The van der Waals surface area contributed by atoms with E-state index in [0.717, 1.165) is 30.0 Å². The minimum absolute atomic E-state index is 0.112. The number of hydrogen-bond acceptors (Lipinski definition) is 6. The maximum Gasteiger partial charge on any atom is 0.257 e. The molecule has 2 rings (SSSR count). The fraction of sp³-hybridized carbons (Fsp3) is 0.429. The number of likely N-dealkylation sites (N-methyl/N-ethyl adjacent to an activating group) is 1. The maximum absolute atomic E-state index is 8.75. The van der Waals surface area contributed by atoms with E-state index in [9.17, 15) is 0 Å². The average molecular weight is 276 g/mol. The Bertz CT molecular complexity index is 522. The van der Waals surface area contributed by atoms with Gasteiger partial charge in [-0.25, -0.2) is 0 Å². The number of anilines is 1. The number of aromatic nitrogens is 2. The Morgan fingerprint density at radius 1 is 1.25 bits per heavy atom. The molecule has 2 aromatic rings. The van der Waals surface area contributed by atoms with E-state index in [-0.39, 0.29) is 6.61 Å². The summed E-state index contributed by atoms with van der Waals surface area (Å²) < 4.78 is 5.26. The molecule has 0 spiro atoms. The van der Waals surface area contributed by atoms with Gasteiger partial charge in [-0.15, -0.1) is 0 Å². The summed E-state index contributed by atoms with van der Waals surface area (Å²) in [5, 5.41) is 15.8. The van der Waals surface area contributed by atoms with Gasteiger partial charge in [0.25, 0.3) is 5.89 Å². The number of nitrogens with one attached hydrogen (secondary N) is 1. The summed E-state index contributed by atoms with van der Waals surface area (Å²) in [6, 6.07) is 7.69. The minimum Gasteiger partial charge on any atom is -0.395 e. The van der Waals surface area contributed by atoms with Crippen molar-refractivity contribution in [2.45, 2.75) is 6.42 Å². The standard InChI is InChI=1S/C14H20N4O2/c1-18(2)9-7-13-16-14(20-17-13)11-3-5-12(6-4-11)15-8-10-19/h3-6,15,19H,7-10H2,1-2H3.